The molecule has 0 aromatic heterocycles. The van der Waals surface area contributed by atoms with Crippen LogP contribution in [0.3, 0.4) is 0 Å². The van der Waals surface area contributed by atoms with E-state index in [-0.39, 0.29) is 11.6 Å². The summed E-state index contributed by atoms with van der Waals surface area (Å²) in [4.78, 5) is 22.4. The maximum Gasteiger partial charge on any atom is 0.185 e. The molecule has 14 heavy (non-hydrogen) atoms. The fourth-order valence-corrected chi connectivity index (χ4v) is 1.14. The first-order chi connectivity index (χ1) is 6.69. The quantitative estimate of drug-likeness (QED) is 0.537. The van der Waals surface area contributed by atoms with Gasteiger partial charge in [0.1, 0.15) is 0 Å². The number of hydrogen-bond donors (Lipinski definition) is 0. The Kier molecular flexibility index (Phi) is 3.35. The van der Waals surface area contributed by atoms with Crippen molar-refractivity contribution in [3.63, 3.8) is 0 Å². The van der Waals surface area contributed by atoms with Gasteiger partial charge in [0.15, 0.2) is 11.6 Å². The van der Waals surface area contributed by atoms with Gasteiger partial charge in [0.2, 0.25) is 0 Å². The summed E-state index contributed by atoms with van der Waals surface area (Å²) in [5, 5.41) is 0. The van der Waals surface area contributed by atoms with Gasteiger partial charge in [0, 0.05) is 17.5 Å². The van der Waals surface area contributed by atoms with E-state index in [0.717, 1.165) is 0 Å². The highest BCUT2D eigenvalue weighted by molar-refractivity contribution is 6.05. The number of allylic oxidation sites excluding steroid dienone is 1. The van der Waals surface area contributed by atoms with Crippen molar-refractivity contribution in [3.8, 4) is 0 Å². The Morgan fingerprint density at radius 1 is 1.21 bits per heavy atom. The number of carbonyl (C=O) groups is 2. The molecular weight excluding hydrogens is 176 g/mol. The van der Waals surface area contributed by atoms with Crippen LogP contribution < -0.4 is 0 Å². The van der Waals surface area contributed by atoms with E-state index in [4.69, 9.17) is 0 Å². The van der Waals surface area contributed by atoms with E-state index in [9.17, 15) is 9.59 Å². The Morgan fingerprint density at radius 2 is 1.71 bits per heavy atom. The second kappa shape index (κ2) is 4.51. The molecule has 0 spiro atoms. The first-order valence-corrected chi connectivity index (χ1v) is 4.49. The number of hydrogen-bond acceptors (Lipinski definition) is 2. The van der Waals surface area contributed by atoms with Crippen LogP contribution in [0.5, 0.6) is 0 Å². The zero-order valence-corrected chi connectivity index (χ0v) is 8.12. The minimum Gasteiger partial charge on any atom is -0.294 e. The third-order valence-corrected chi connectivity index (χ3v) is 2.00. The topological polar surface area (TPSA) is 34.1 Å². The van der Waals surface area contributed by atoms with Gasteiger partial charge in [-0.05, 0) is 6.08 Å². The number of carbonyl (C=O) groups excluding carboxylic acids is 2. The molecule has 0 atom stereocenters. The van der Waals surface area contributed by atoms with E-state index in [1.54, 1.807) is 24.3 Å². The molecule has 0 amide bonds. The van der Waals surface area contributed by atoms with Gasteiger partial charge in [-0.25, -0.2) is 0 Å². The summed E-state index contributed by atoms with van der Waals surface area (Å²) in [6.45, 7) is 5.20. The normalized spacial score (nSPS) is 9.50. The molecule has 0 aliphatic rings. The fourth-order valence-electron chi connectivity index (χ4n) is 1.14. The van der Waals surface area contributed by atoms with Crippen molar-refractivity contribution in [1.29, 1.82) is 0 Å². The number of rotatable bonds is 4. The maximum absolute atomic E-state index is 11.3. The standard InChI is InChI=1S/C12H12O2/c1-3-11(13)9-5-7-10(8-6-9)12(14)4-2/h3,5-8H,1,4H2,2H3. The molecule has 0 bridgehead atoms. The average Bonchev–Trinajstić information content (AvgIpc) is 2.27. The molecule has 2 nitrogen and oxygen atoms in total. The number of ketones is 2. The van der Waals surface area contributed by atoms with Crippen LogP contribution in [-0.2, 0) is 0 Å². The minimum atomic E-state index is -0.125. The van der Waals surface area contributed by atoms with Crippen molar-refractivity contribution in [2.45, 2.75) is 13.3 Å². The maximum atomic E-state index is 11.3. The van der Waals surface area contributed by atoms with Crippen molar-refractivity contribution in [1.82, 2.24) is 0 Å². The zero-order valence-electron chi connectivity index (χ0n) is 8.12. The van der Waals surface area contributed by atoms with Gasteiger partial charge in [0.25, 0.3) is 0 Å². The average molecular weight is 188 g/mol. The smallest absolute Gasteiger partial charge is 0.185 e. The highest BCUT2D eigenvalue weighted by atomic mass is 16.1. The van der Waals surface area contributed by atoms with Crippen LogP contribution in [-0.4, -0.2) is 11.6 Å². The molecule has 0 fully saturated rings. The van der Waals surface area contributed by atoms with Gasteiger partial charge in [0.05, 0.1) is 0 Å². The van der Waals surface area contributed by atoms with Crippen molar-refractivity contribution in [2.75, 3.05) is 0 Å². The number of benzene rings is 1. The first kappa shape index (κ1) is 10.4. The van der Waals surface area contributed by atoms with Crippen molar-refractivity contribution in [2.24, 2.45) is 0 Å². The lowest BCUT2D eigenvalue weighted by molar-refractivity contribution is 0.0986. The van der Waals surface area contributed by atoms with Gasteiger partial charge in [-0.3, -0.25) is 9.59 Å². The van der Waals surface area contributed by atoms with E-state index < -0.39 is 0 Å². The Bertz CT molecular complexity index is 360. The van der Waals surface area contributed by atoms with Crippen molar-refractivity contribution >= 4 is 11.6 Å². The Morgan fingerprint density at radius 3 is 2.14 bits per heavy atom. The Balaban J connectivity index is 2.94. The largest absolute Gasteiger partial charge is 0.294 e. The molecule has 0 N–H and O–H groups in total. The second-order valence-electron chi connectivity index (χ2n) is 2.92. The van der Waals surface area contributed by atoms with Gasteiger partial charge in [-0.1, -0.05) is 37.8 Å². The second-order valence-corrected chi connectivity index (χ2v) is 2.92. The molecule has 0 unspecified atom stereocenters. The summed E-state index contributed by atoms with van der Waals surface area (Å²) in [6.07, 6.45) is 1.74. The third-order valence-electron chi connectivity index (χ3n) is 2.00. The van der Waals surface area contributed by atoms with Crippen LogP contribution in [0.25, 0.3) is 0 Å². The summed E-state index contributed by atoms with van der Waals surface area (Å²) in [5.41, 5.74) is 1.21. The molecule has 0 saturated heterocycles. The predicted octanol–water partition coefficient (Wildman–Crippen LogP) is 2.65. The lowest BCUT2D eigenvalue weighted by atomic mass is 10.0. The van der Waals surface area contributed by atoms with Gasteiger partial charge in [-0.2, -0.15) is 0 Å². The van der Waals surface area contributed by atoms with E-state index in [1.807, 2.05) is 6.92 Å². The zero-order chi connectivity index (χ0) is 10.6. The van der Waals surface area contributed by atoms with Crippen LogP contribution in [0, 0.1) is 0 Å². The van der Waals surface area contributed by atoms with Gasteiger partial charge >= 0.3 is 0 Å². The molecule has 1 rings (SSSR count). The third kappa shape index (κ3) is 2.16. The molecule has 0 radical (unpaired) electrons. The van der Waals surface area contributed by atoms with E-state index in [2.05, 4.69) is 6.58 Å². The van der Waals surface area contributed by atoms with Crippen LogP contribution in [0.4, 0.5) is 0 Å². The Labute approximate surface area is 83.3 Å². The first-order valence-electron chi connectivity index (χ1n) is 4.49. The molecule has 0 saturated carbocycles. The van der Waals surface area contributed by atoms with Crippen LogP contribution in [0.15, 0.2) is 36.9 Å². The van der Waals surface area contributed by atoms with Crippen molar-refractivity contribution < 1.29 is 9.59 Å². The van der Waals surface area contributed by atoms with Gasteiger partial charge < -0.3 is 0 Å². The molecular formula is C12H12O2. The molecule has 1 aromatic rings. The minimum absolute atomic E-state index is 0.0857. The van der Waals surface area contributed by atoms with E-state index in [0.29, 0.717) is 17.5 Å². The summed E-state index contributed by atoms with van der Waals surface area (Å²) >= 11 is 0. The molecule has 0 aliphatic carbocycles. The molecule has 0 heterocycles. The van der Waals surface area contributed by atoms with Gasteiger partial charge in [-0.15, -0.1) is 0 Å². The van der Waals surface area contributed by atoms with Crippen LogP contribution >= 0.6 is 0 Å². The van der Waals surface area contributed by atoms with Crippen LogP contribution in [0.1, 0.15) is 34.1 Å². The van der Waals surface area contributed by atoms with Crippen LogP contribution in [0.2, 0.25) is 0 Å². The highest BCUT2D eigenvalue weighted by Crippen LogP contribution is 2.07. The van der Waals surface area contributed by atoms with E-state index >= 15 is 0 Å². The summed E-state index contributed by atoms with van der Waals surface area (Å²) in [5.74, 6) is -0.0388. The number of Topliss-reactive ketones (excluding diaryl/α,β-unsaturated/α-hetero) is 1. The van der Waals surface area contributed by atoms with Crippen molar-refractivity contribution in [3.05, 3.63) is 48.0 Å². The molecule has 1 aromatic carbocycles. The SMILES string of the molecule is C=CC(=O)c1ccc(C(=O)CC)cc1. The summed E-state index contributed by atoms with van der Waals surface area (Å²) in [7, 11) is 0. The monoisotopic (exact) mass is 188 g/mol. The lowest BCUT2D eigenvalue weighted by Crippen LogP contribution is -1.98. The molecule has 0 aliphatic heterocycles. The van der Waals surface area contributed by atoms with E-state index in [1.165, 1.54) is 6.08 Å². The molecule has 72 valence electrons. The lowest BCUT2D eigenvalue weighted by Gasteiger charge is -1.99. The fraction of sp³-hybridized carbons (Fsp3) is 0.167. The summed E-state index contributed by atoms with van der Waals surface area (Å²) < 4.78 is 0. The highest BCUT2D eigenvalue weighted by Gasteiger charge is 2.04. The predicted molar refractivity (Wildman–Crippen MR) is 55.6 cm³/mol. The summed E-state index contributed by atoms with van der Waals surface area (Å²) in [6, 6.07) is 6.63. The Hall–Kier alpha value is -1.70. The molecule has 2 heteroatoms.